The molecule has 0 saturated heterocycles. The molecule has 1 aromatic rings. The van der Waals surface area contributed by atoms with E-state index in [4.69, 9.17) is 15.3 Å². The van der Waals surface area contributed by atoms with Crippen LogP contribution in [0.2, 0.25) is 0 Å². The van der Waals surface area contributed by atoms with Gasteiger partial charge in [0.15, 0.2) is 0 Å². The Morgan fingerprint density at radius 1 is 1.19 bits per heavy atom. The quantitative estimate of drug-likeness (QED) is 0.743. The van der Waals surface area contributed by atoms with Crippen LogP contribution in [0.15, 0.2) is 36.0 Å². The summed E-state index contributed by atoms with van der Waals surface area (Å²) in [5, 5.41) is 20.1. The Bertz CT molecular complexity index is 517. The second-order valence-electron chi connectivity index (χ2n) is 4.33. The lowest BCUT2D eigenvalue weighted by atomic mass is 10.3. The molecular weight excluding hydrogens is 264 g/mol. The molecular formula is C16H20N4O. The Balaban J connectivity index is 2.46. The molecule has 0 unspecified atom stereocenters. The van der Waals surface area contributed by atoms with Crippen LogP contribution in [0.1, 0.15) is 13.8 Å². The van der Waals surface area contributed by atoms with Gasteiger partial charge in [-0.05, 0) is 37.4 Å². The van der Waals surface area contributed by atoms with Crippen LogP contribution in [-0.4, -0.2) is 31.1 Å². The van der Waals surface area contributed by atoms with Crippen molar-refractivity contribution in [2.45, 2.75) is 13.8 Å². The summed E-state index contributed by atoms with van der Waals surface area (Å²) in [4.78, 5) is 2.30. The molecule has 0 atom stereocenters. The number of anilines is 1. The van der Waals surface area contributed by atoms with Gasteiger partial charge in [-0.15, -0.1) is 0 Å². The predicted octanol–water partition coefficient (Wildman–Crippen LogP) is 2.75. The molecule has 0 amide bonds. The Morgan fingerprint density at radius 2 is 1.81 bits per heavy atom. The van der Waals surface area contributed by atoms with Crippen LogP contribution >= 0.6 is 0 Å². The summed E-state index contributed by atoms with van der Waals surface area (Å²) in [7, 11) is 0. The third-order valence-electron chi connectivity index (χ3n) is 3.05. The van der Waals surface area contributed by atoms with Crippen LogP contribution in [0.5, 0.6) is 5.75 Å². The van der Waals surface area contributed by atoms with Crippen LogP contribution < -0.4 is 10.1 Å². The van der Waals surface area contributed by atoms with Gasteiger partial charge in [-0.1, -0.05) is 13.8 Å². The predicted molar refractivity (Wildman–Crippen MR) is 82.7 cm³/mol. The molecule has 1 aromatic carbocycles. The summed E-state index contributed by atoms with van der Waals surface area (Å²) in [6, 6.07) is 11.0. The first-order valence-corrected chi connectivity index (χ1v) is 6.95. The maximum absolute atomic E-state index is 8.63. The third kappa shape index (κ3) is 5.99. The average molecular weight is 284 g/mol. The zero-order chi connectivity index (χ0) is 15.5. The van der Waals surface area contributed by atoms with Gasteiger partial charge in [0.1, 0.15) is 30.1 Å². The van der Waals surface area contributed by atoms with Crippen molar-refractivity contribution in [2.75, 3.05) is 31.6 Å². The second kappa shape index (κ2) is 9.41. The molecule has 21 heavy (non-hydrogen) atoms. The standard InChI is InChI=1S/C16H20N4O/c1-3-20(4-2)9-10-21-16-7-5-15(6-8-16)19-13-14(11-17)12-18/h5-8,13,19H,3-4,9-10H2,1-2H3. The van der Waals surface area contributed by atoms with Crippen LogP contribution in [0, 0.1) is 22.7 Å². The van der Waals surface area contributed by atoms with Gasteiger partial charge in [-0.3, -0.25) is 0 Å². The monoisotopic (exact) mass is 284 g/mol. The highest BCUT2D eigenvalue weighted by Gasteiger charge is 2.00. The Hall–Kier alpha value is -2.50. The summed E-state index contributed by atoms with van der Waals surface area (Å²) >= 11 is 0. The Labute approximate surface area is 126 Å². The molecule has 1 rings (SSSR count). The van der Waals surface area contributed by atoms with Gasteiger partial charge < -0.3 is 15.0 Å². The lowest BCUT2D eigenvalue weighted by Crippen LogP contribution is -2.27. The summed E-state index contributed by atoms with van der Waals surface area (Å²) in [6.45, 7) is 7.87. The van der Waals surface area contributed by atoms with Crippen LogP contribution in [0.4, 0.5) is 5.69 Å². The van der Waals surface area contributed by atoms with Crippen molar-refractivity contribution in [3.05, 3.63) is 36.0 Å². The summed E-state index contributed by atoms with van der Waals surface area (Å²) in [5.41, 5.74) is 0.837. The van der Waals surface area contributed by atoms with Gasteiger partial charge in [-0.25, -0.2) is 0 Å². The van der Waals surface area contributed by atoms with E-state index in [0.717, 1.165) is 31.1 Å². The Morgan fingerprint density at radius 3 is 2.33 bits per heavy atom. The van der Waals surface area contributed by atoms with E-state index in [1.807, 2.05) is 24.3 Å². The fraction of sp³-hybridized carbons (Fsp3) is 0.375. The van der Waals surface area contributed by atoms with Crippen molar-refractivity contribution >= 4 is 5.69 Å². The minimum atomic E-state index is 0.0366. The van der Waals surface area contributed by atoms with Crippen LogP contribution in [0.3, 0.4) is 0 Å². The third-order valence-corrected chi connectivity index (χ3v) is 3.05. The maximum Gasteiger partial charge on any atom is 0.145 e. The number of hydrogen-bond donors (Lipinski definition) is 1. The minimum Gasteiger partial charge on any atom is -0.492 e. The van der Waals surface area contributed by atoms with E-state index < -0.39 is 0 Å². The smallest absolute Gasteiger partial charge is 0.145 e. The van der Waals surface area contributed by atoms with Crippen molar-refractivity contribution in [2.24, 2.45) is 0 Å². The van der Waals surface area contributed by atoms with Gasteiger partial charge >= 0.3 is 0 Å². The largest absolute Gasteiger partial charge is 0.492 e. The molecule has 5 heteroatoms. The molecule has 0 spiro atoms. The fourth-order valence-corrected chi connectivity index (χ4v) is 1.72. The molecule has 0 aromatic heterocycles. The number of nitrogens with zero attached hydrogens (tertiary/aromatic N) is 3. The van der Waals surface area contributed by atoms with E-state index in [9.17, 15) is 0 Å². The zero-order valence-electron chi connectivity index (χ0n) is 12.5. The van der Waals surface area contributed by atoms with Crippen LogP contribution in [-0.2, 0) is 0 Å². The summed E-state index contributed by atoms with van der Waals surface area (Å²) < 4.78 is 5.67. The molecule has 0 bridgehead atoms. The van der Waals surface area contributed by atoms with E-state index in [-0.39, 0.29) is 5.57 Å². The number of nitriles is 2. The van der Waals surface area contributed by atoms with E-state index in [0.29, 0.717) is 6.61 Å². The maximum atomic E-state index is 8.63. The van der Waals surface area contributed by atoms with Crippen LogP contribution in [0.25, 0.3) is 0 Å². The lowest BCUT2D eigenvalue weighted by Gasteiger charge is -2.18. The average Bonchev–Trinajstić information content (AvgIpc) is 2.54. The van der Waals surface area contributed by atoms with Gasteiger partial charge in [0, 0.05) is 18.4 Å². The first-order chi connectivity index (χ1) is 10.2. The van der Waals surface area contributed by atoms with Crippen molar-refractivity contribution in [3.8, 4) is 17.9 Å². The van der Waals surface area contributed by atoms with Crippen molar-refractivity contribution in [1.29, 1.82) is 10.5 Å². The molecule has 0 fully saturated rings. The molecule has 5 nitrogen and oxygen atoms in total. The highest BCUT2D eigenvalue weighted by molar-refractivity contribution is 5.51. The molecule has 0 aliphatic heterocycles. The number of allylic oxidation sites excluding steroid dienone is 1. The lowest BCUT2D eigenvalue weighted by molar-refractivity contribution is 0.223. The van der Waals surface area contributed by atoms with Gasteiger partial charge in [-0.2, -0.15) is 10.5 Å². The number of ether oxygens (including phenoxy) is 1. The van der Waals surface area contributed by atoms with Gasteiger partial charge in [0.25, 0.3) is 0 Å². The highest BCUT2D eigenvalue weighted by Crippen LogP contribution is 2.15. The molecule has 1 N–H and O–H groups in total. The molecule has 0 saturated carbocycles. The molecule has 0 heterocycles. The van der Waals surface area contributed by atoms with E-state index in [1.165, 1.54) is 6.20 Å². The molecule has 110 valence electrons. The number of hydrogen-bond acceptors (Lipinski definition) is 5. The zero-order valence-corrected chi connectivity index (χ0v) is 12.5. The first-order valence-electron chi connectivity index (χ1n) is 6.95. The fourth-order valence-electron chi connectivity index (χ4n) is 1.72. The number of nitrogens with one attached hydrogen (secondary N) is 1. The number of rotatable bonds is 8. The molecule has 0 aliphatic carbocycles. The van der Waals surface area contributed by atoms with Gasteiger partial charge in [0.2, 0.25) is 0 Å². The van der Waals surface area contributed by atoms with Crippen molar-refractivity contribution < 1.29 is 4.74 Å². The number of benzene rings is 1. The minimum absolute atomic E-state index is 0.0366. The first kappa shape index (κ1) is 16.6. The SMILES string of the molecule is CCN(CC)CCOc1ccc(NC=C(C#N)C#N)cc1. The number of likely N-dealkylation sites (N-methyl/N-ethyl adjacent to an activating group) is 1. The second-order valence-corrected chi connectivity index (χ2v) is 4.33. The van der Waals surface area contributed by atoms with Crippen molar-refractivity contribution in [3.63, 3.8) is 0 Å². The van der Waals surface area contributed by atoms with E-state index >= 15 is 0 Å². The topological polar surface area (TPSA) is 72.1 Å². The van der Waals surface area contributed by atoms with E-state index in [1.54, 1.807) is 12.1 Å². The summed E-state index contributed by atoms with van der Waals surface area (Å²) in [5.74, 6) is 0.803. The normalized spacial score (nSPS) is 9.57. The molecule has 0 radical (unpaired) electrons. The molecule has 0 aliphatic rings. The van der Waals surface area contributed by atoms with E-state index in [2.05, 4.69) is 24.1 Å². The Kier molecular flexibility index (Phi) is 7.42. The highest BCUT2D eigenvalue weighted by atomic mass is 16.5. The van der Waals surface area contributed by atoms with Gasteiger partial charge in [0.05, 0.1) is 0 Å². The summed E-state index contributed by atoms with van der Waals surface area (Å²) in [6.07, 6.45) is 1.39. The van der Waals surface area contributed by atoms with Crippen molar-refractivity contribution in [1.82, 2.24) is 4.90 Å².